The lowest BCUT2D eigenvalue weighted by atomic mass is 10.1. The van der Waals surface area contributed by atoms with E-state index in [9.17, 15) is 4.79 Å². The van der Waals surface area contributed by atoms with E-state index >= 15 is 0 Å². The minimum Gasteiger partial charge on any atom is -0.325 e. The molecule has 3 rings (SSSR count). The number of aryl methyl sites for hydroxylation is 3. The van der Waals surface area contributed by atoms with Crippen molar-refractivity contribution in [1.82, 2.24) is 9.55 Å². The van der Waals surface area contributed by atoms with Gasteiger partial charge in [-0.1, -0.05) is 62.2 Å². The van der Waals surface area contributed by atoms with Crippen LogP contribution in [0.15, 0.2) is 47.6 Å². The van der Waals surface area contributed by atoms with Crippen LogP contribution >= 0.6 is 11.8 Å². The lowest BCUT2D eigenvalue weighted by Crippen LogP contribution is -2.15. The number of hydrogen-bond donors (Lipinski definition) is 1. The zero-order valence-electron chi connectivity index (χ0n) is 17.0. The quantitative estimate of drug-likeness (QED) is 0.359. The van der Waals surface area contributed by atoms with Crippen molar-refractivity contribution in [2.45, 2.75) is 58.2 Å². The highest BCUT2D eigenvalue weighted by atomic mass is 32.2. The lowest BCUT2D eigenvalue weighted by molar-refractivity contribution is -0.113. The third-order valence-electron chi connectivity index (χ3n) is 4.85. The van der Waals surface area contributed by atoms with E-state index in [4.69, 9.17) is 4.98 Å². The van der Waals surface area contributed by atoms with Crippen molar-refractivity contribution in [2.75, 3.05) is 11.1 Å². The smallest absolute Gasteiger partial charge is 0.234 e. The number of carbonyl (C=O) groups excluding carboxylic acids is 1. The minimum absolute atomic E-state index is 0.00305. The number of nitrogens with zero attached hydrogens (tertiary/aromatic N) is 2. The summed E-state index contributed by atoms with van der Waals surface area (Å²) in [5.41, 5.74) is 5.25. The number of anilines is 1. The van der Waals surface area contributed by atoms with Gasteiger partial charge < -0.3 is 9.88 Å². The highest BCUT2D eigenvalue weighted by molar-refractivity contribution is 7.99. The summed E-state index contributed by atoms with van der Waals surface area (Å²) < 4.78 is 2.26. The molecule has 0 saturated heterocycles. The molecule has 1 heterocycles. The molecule has 0 bridgehead atoms. The number of aromatic nitrogens is 2. The van der Waals surface area contributed by atoms with Gasteiger partial charge in [0.25, 0.3) is 0 Å². The Balaban J connectivity index is 1.69. The van der Waals surface area contributed by atoms with Gasteiger partial charge in [-0.05, 0) is 49.6 Å². The first-order chi connectivity index (χ1) is 13.6. The Labute approximate surface area is 171 Å². The fourth-order valence-corrected chi connectivity index (χ4v) is 4.10. The molecule has 3 aromatic rings. The number of nitrogens with one attached hydrogen (secondary N) is 1. The van der Waals surface area contributed by atoms with Gasteiger partial charge >= 0.3 is 0 Å². The Morgan fingerprint density at radius 2 is 1.93 bits per heavy atom. The number of hydrogen-bond acceptors (Lipinski definition) is 3. The lowest BCUT2D eigenvalue weighted by Gasteiger charge is -2.10. The van der Waals surface area contributed by atoms with E-state index in [0.717, 1.165) is 46.0 Å². The molecular weight excluding hydrogens is 366 g/mol. The van der Waals surface area contributed by atoms with Crippen LogP contribution in [-0.4, -0.2) is 21.2 Å². The van der Waals surface area contributed by atoms with Gasteiger partial charge in [0.2, 0.25) is 5.91 Å². The maximum Gasteiger partial charge on any atom is 0.234 e. The molecule has 0 aliphatic carbocycles. The molecule has 0 unspecified atom stereocenters. The summed E-state index contributed by atoms with van der Waals surface area (Å²) in [7, 11) is 0. The molecule has 0 aliphatic rings. The van der Waals surface area contributed by atoms with Gasteiger partial charge in [-0.3, -0.25) is 4.79 Å². The van der Waals surface area contributed by atoms with Gasteiger partial charge in [0.1, 0.15) is 0 Å². The molecule has 28 heavy (non-hydrogen) atoms. The normalized spacial score (nSPS) is 11.1. The SMILES string of the molecule is CCCCCCn1c(SCC(=O)Nc2cc(C)ccc2C)nc2ccccc21. The van der Waals surface area contributed by atoms with E-state index in [2.05, 4.69) is 28.9 Å². The first-order valence-electron chi connectivity index (χ1n) is 10.0. The van der Waals surface area contributed by atoms with E-state index in [1.54, 1.807) is 0 Å². The predicted molar refractivity (Wildman–Crippen MR) is 119 cm³/mol. The highest BCUT2D eigenvalue weighted by Crippen LogP contribution is 2.25. The monoisotopic (exact) mass is 395 g/mol. The van der Waals surface area contributed by atoms with Gasteiger partial charge in [-0.2, -0.15) is 0 Å². The Morgan fingerprint density at radius 1 is 1.11 bits per heavy atom. The van der Waals surface area contributed by atoms with Crippen LogP contribution in [0.3, 0.4) is 0 Å². The van der Waals surface area contributed by atoms with Gasteiger partial charge in [0.15, 0.2) is 5.16 Å². The van der Waals surface area contributed by atoms with Crippen molar-refractivity contribution in [3.8, 4) is 0 Å². The molecule has 5 heteroatoms. The number of imidazole rings is 1. The zero-order chi connectivity index (χ0) is 19.9. The number of fused-ring (bicyclic) bond motifs is 1. The van der Waals surface area contributed by atoms with Gasteiger partial charge in [0, 0.05) is 12.2 Å². The fraction of sp³-hybridized carbons (Fsp3) is 0.391. The van der Waals surface area contributed by atoms with Gasteiger partial charge in [-0.25, -0.2) is 4.98 Å². The molecule has 2 aromatic carbocycles. The summed E-state index contributed by atoms with van der Waals surface area (Å²) in [5, 5.41) is 3.96. The number of unbranched alkanes of at least 4 members (excludes halogenated alkanes) is 3. The van der Waals surface area contributed by atoms with Crippen LogP contribution < -0.4 is 5.32 Å². The number of carbonyl (C=O) groups is 1. The second-order valence-corrected chi connectivity index (χ2v) is 8.19. The average molecular weight is 396 g/mol. The highest BCUT2D eigenvalue weighted by Gasteiger charge is 2.13. The fourth-order valence-electron chi connectivity index (χ4n) is 3.26. The standard InChI is InChI=1S/C23H29N3OS/c1-4-5-6-9-14-26-21-11-8-7-10-19(21)25-23(26)28-16-22(27)24-20-15-17(2)12-13-18(20)3/h7-8,10-13,15H,4-6,9,14,16H2,1-3H3,(H,24,27). The Kier molecular flexibility index (Phi) is 7.15. The van der Waals surface area contributed by atoms with Crippen LogP contribution in [0.4, 0.5) is 5.69 Å². The van der Waals surface area contributed by atoms with Crippen molar-refractivity contribution < 1.29 is 4.79 Å². The summed E-state index contributed by atoms with van der Waals surface area (Å²) >= 11 is 1.51. The molecule has 0 atom stereocenters. The third-order valence-corrected chi connectivity index (χ3v) is 5.83. The number of amides is 1. The van der Waals surface area contributed by atoms with Crippen LogP contribution in [-0.2, 0) is 11.3 Å². The van der Waals surface area contributed by atoms with Crippen LogP contribution in [0.1, 0.15) is 43.7 Å². The molecule has 0 aliphatic heterocycles. The summed E-state index contributed by atoms with van der Waals surface area (Å²) in [6.07, 6.45) is 4.84. The number of thioether (sulfide) groups is 1. The molecule has 0 saturated carbocycles. The Morgan fingerprint density at radius 3 is 2.75 bits per heavy atom. The largest absolute Gasteiger partial charge is 0.325 e. The summed E-state index contributed by atoms with van der Waals surface area (Å²) in [4.78, 5) is 17.3. The number of para-hydroxylation sites is 2. The second kappa shape index (κ2) is 9.78. The molecule has 0 radical (unpaired) electrons. The van der Waals surface area contributed by atoms with Crippen molar-refractivity contribution >= 4 is 34.4 Å². The number of rotatable bonds is 9. The molecule has 1 aromatic heterocycles. The Bertz CT molecular complexity index is 948. The van der Waals surface area contributed by atoms with Crippen molar-refractivity contribution in [3.63, 3.8) is 0 Å². The number of benzene rings is 2. The molecular formula is C23H29N3OS. The van der Waals surface area contributed by atoms with E-state index in [1.165, 1.54) is 31.0 Å². The molecule has 1 amide bonds. The van der Waals surface area contributed by atoms with Crippen molar-refractivity contribution in [1.29, 1.82) is 0 Å². The van der Waals surface area contributed by atoms with Crippen molar-refractivity contribution in [2.24, 2.45) is 0 Å². The second-order valence-electron chi connectivity index (χ2n) is 7.25. The molecule has 1 N–H and O–H groups in total. The maximum atomic E-state index is 12.5. The third kappa shape index (κ3) is 5.16. The molecule has 0 spiro atoms. The summed E-state index contributed by atoms with van der Waals surface area (Å²) in [6, 6.07) is 14.3. The Hall–Kier alpha value is -2.27. The van der Waals surface area contributed by atoms with Crippen LogP contribution in [0.25, 0.3) is 11.0 Å². The van der Waals surface area contributed by atoms with Gasteiger partial charge in [-0.15, -0.1) is 0 Å². The van der Waals surface area contributed by atoms with Crippen molar-refractivity contribution in [3.05, 3.63) is 53.6 Å². The van der Waals surface area contributed by atoms with E-state index in [0.29, 0.717) is 5.75 Å². The van der Waals surface area contributed by atoms with E-state index in [1.807, 2.05) is 44.2 Å². The van der Waals surface area contributed by atoms with E-state index in [-0.39, 0.29) is 5.91 Å². The first kappa shape index (κ1) is 20.5. The van der Waals surface area contributed by atoms with E-state index < -0.39 is 0 Å². The topological polar surface area (TPSA) is 46.9 Å². The molecule has 0 fully saturated rings. The summed E-state index contributed by atoms with van der Waals surface area (Å²) in [6.45, 7) is 7.21. The van der Waals surface area contributed by atoms with Gasteiger partial charge in [0.05, 0.1) is 16.8 Å². The maximum absolute atomic E-state index is 12.5. The molecule has 4 nitrogen and oxygen atoms in total. The minimum atomic E-state index is 0.00305. The zero-order valence-corrected chi connectivity index (χ0v) is 17.8. The molecule has 148 valence electrons. The first-order valence-corrected chi connectivity index (χ1v) is 11.0. The van der Waals surface area contributed by atoms with Crippen LogP contribution in [0, 0.1) is 13.8 Å². The summed E-state index contributed by atoms with van der Waals surface area (Å²) in [5.74, 6) is 0.356. The predicted octanol–water partition coefficient (Wildman–Crippen LogP) is 5.96. The van der Waals surface area contributed by atoms with Crippen LogP contribution in [0.5, 0.6) is 0 Å². The average Bonchev–Trinajstić information content (AvgIpc) is 3.04. The van der Waals surface area contributed by atoms with Crippen LogP contribution in [0.2, 0.25) is 0 Å².